The molecule has 0 fully saturated rings. The van der Waals surface area contributed by atoms with Crippen molar-refractivity contribution in [1.82, 2.24) is 9.97 Å². The highest BCUT2D eigenvalue weighted by Crippen LogP contribution is 2.16. The first kappa shape index (κ1) is 15.3. The number of rotatable bonds is 5. The fourth-order valence-electron chi connectivity index (χ4n) is 1.44. The largest absolute Gasteiger partial charge is 0.481 e. The molecule has 2 rings (SSSR count). The van der Waals surface area contributed by atoms with Crippen molar-refractivity contribution in [2.75, 3.05) is 11.8 Å². The van der Waals surface area contributed by atoms with Crippen LogP contribution in [0.2, 0.25) is 5.15 Å². The maximum Gasteiger partial charge on any atom is 0.257 e. The fourth-order valence-corrected chi connectivity index (χ4v) is 2.36. The quantitative estimate of drug-likeness (QED) is 0.854. The van der Waals surface area contributed by atoms with E-state index in [2.05, 4.69) is 14.7 Å². The van der Waals surface area contributed by atoms with Gasteiger partial charge in [-0.15, -0.1) is 0 Å². The summed E-state index contributed by atoms with van der Waals surface area (Å²) in [6.45, 7) is 0. The minimum atomic E-state index is -3.74. The van der Waals surface area contributed by atoms with E-state index in [1.807, 2.05) is 18.2 Å². The first-order chi connectivity index (χ1) is 9.98. The van der Waals surface area contributed by atoms with Gasteiger partial charge in [-0.3, -0.25) is 0 Å². The van der Waals surface area contributed by atoms with Crippen molar-refractivity contribution in [3.05, 3.63) is 52.5 Å². The number of nitrogens with zero attached hydrogens (tertiary/aromatic N) is 2. The molecule has 0 saturated carbocycles. The van der Waals surface area contributed by atoms with E-state index < -0.39 is 10.0 Å². The predicted octanol–water partition coefficient (Wildman–Crippen LogP) is 2.55. The van der Waals surface area contributed by atoms with Gasteiger partial charge in [-0.1, -0.05) is 41.9 Å². The van der Waals surface area contributed by atoms with Gasteiger partial charge in [-0.25, -0.2) is 18.1 Å². The third kappa shape index (κ3) is 4.73. The van der Waals surface area contributed by atoms with Crippen LogP contribution in [0, 0.1) is 0 Å². The molecule has 1 heterocycles. The Hall–Kier alpha value is -2.12. The van der Waals surface area contributed by atoms with E-state index in [-0.39, 0.29) is 17.0 Å². The molecule has 0 unspecified atom stereocenters. The smallest absolute Gasteiger partial charge is 0.257 e. The molecule has 0 aliphatic carbocycles. The molecule has 8 heteroatoms. The Labute approximate surface area is 127 Å². The van der Waals surface area contributed by atoms with E-state index in [0.29, 0.717) is 0 Å². The molecule has 21 heavy (non-hydrogen) atoms. The van der Waals surface area contributed by atoms with Crippen LogP contribution in [0.1, 0.15) is 5.56 Å². The van der Waals surface area contributed by atoms with Crippen LogP contribution in [-0.4, -0.2) is 25.5 Å². The molecule has 1 aromatic heterocycles. The predicted molar refractivity (Wildman–Crippen MR) is 81.6 cm³/mol. The van der Waals surface area contributed by atoms with E-state index >= 15 is 0 Å². The van der Waals surface area contributed by atoms with Crippen molar-refractivity contribution in [2.24, 2.45) is 0 Å². The number of anilines is 1. The number of sulfonamides is 1. The summed E-state index contributed by atoms with van der Waals surface area (Å²) in [5.74, 6) is 0.0109. The van der Waals surface area contributed by atoms with Crippen LogP contribution in [0.4, 0.5) is 5.95 Å². The van der Waals surface area contributed by atoms with Crippen molar-refractivity contribution < 1.29 is 13.2 Å². The molecule has 0 amide bonds. The molecular formula is C13H12ClN3O3S. The van der Waals surface area contributed by atoms with Gasteiger partial charge in [0, 0.05) is 6.07 Å². The molecule has 110 valence electrons. The Bertz CT molecular complexity index is 749. The lowest BCUT2D eigenvalue weighted by Crippen LogP contribution is -2.12. The van der Waals surface area contributed by atoms with Crippen molar-refractivity contribution in [2.45, 2.75) is 0 Å². The normalized spacial score (nSPS) is 11.5. The zero-order chi connectivity index (χ0) is 15.3. The van der Waals surface area contributed by atoms with Crippen LogP contribution in [0.25, 0.3) is 6.08 Å². The number of aromatic nitrogens is 2. The Morgan fingerprint density at radius 1 is 1.24 bits per heavy atom. The lowest BCUT2D eigenvalue weighted by Gasteiger charge is -2.05. The van der Waals surface area contributed by atoms with E-state index in [4.69, 9.17) is 16.3 Å². The summed E-state index contributed by atoms with van der Waals surface area (Å²) >= 11 is 5.75. The van der Waals surface area contributed by atoms with E-state index in [9.17, 15) is 8.42 Å². The van der Waals surface area contributed by atoms with Gasteiger partial charge in [0.2, 0.25) is 11.8 Å². The number of halogens is 1. The minimum absolute atomic E-state index is 0.0755. The topological polar surface area (TPSA) is 81.2 Å². The van der Waals surface area contributed by atoms with E-state index in [1.165, 1.54) is 19.3 Å². The van der Waals surface area contributed by atoms with Gasteiger partial charge in [-0.2, -0.15) is 4.98 Å². The summed E-state index contributed by atoms with van der Waals surface area (Å²) in [6, 6.07) is 10.4. The Morgan fingerprint density at radius 3 is 2.62 bits per heavy atom. The van der Waals surface area contributed by atoms with Gasteiger partial charge >= 0.3 is 0 Å². The molecule has 0 aliphatic rings. The van der Waals surface area contributed by atoms with E-state index in [1.54, 1.807) is 12.1 Å². The summed E-state index contributed by atoms with van der Waals surface area (Å²) in [5, 5.41) is 1.10. The van der Waals surface area contributed by atoms with Gasteiger partial charge in [-0.05, 0) is 11.6 Å². The highest BCUT2D eigenvalue weighted by Gasteiger charge is 2.10. The average Bonchev–Trinajstić information content (AvgIpc) is 2.45. The summed E-state index contributed by atoms with van der Waals surface area (Å²) in [4.78, 5) is 7.62. The van der Waals surface area contributed by atoms with Crippen molar-refractivity contribution >= 4 is 33.6 Å². The first-order valence-corrected chi connectivity index (χ1v) is 7.75. The van der Waals surface area contributed by atoms with Crippen LogP contribution in [0.15, 0.2) is 41.8 Å². The summed E-state index contributed by atoms with van der Waals surface area (Å²) in [5.41, 5.74) is 0.757. The maximum atomic E-state index is 11.9. The summed E-state index contributed by atoms with van der Waals surface area (Å²) in [7, 11) is -2.35. The second kappa shape index (κ2) is 6.55. The SMILES string of the molecule is COc1cc(Cl)nc(NS(=O)(=O)/C=C/c2ccccc2)n1. The zero-order valence-corrected chi connectivity index (χ0v) is 12.6. The monoisotopic (exact) mass is 325 g/mol. The van der Waals surface area contributed by atoms with Crippen molar-refractivity contribution in [3.8, 4) is 5.88 Å². The Kier molecular flexibility index (Phi) is 4.77. The molecule has 0 saturated heterocycles. The molecule has 0 radical (unpaired) electrons. The Balaban J connectivity index is 2.18. The number of ether oxygens (including phenoxy) is 1. The van der Waals surface area contributed by atoms with Crippen molar-refractivity contribution in [3.63, 3.8) is 0 Å². The molecule has 6 nitrogen and oxygen atoms in total. The molecule has 0 atom stereocenters. The lowest BCUT2D eigenvalue weighted by molar-refractivity contribution is 0.397. The molecule has 1 aromatic carbocycles. The van der Waals surface area contributed by atoms with Crippen LogP contribution in [0.5, 0.6) is 5.88 Å². The highest BCUT2D eigenvalue weighted by atomic mass is 35.5. The number of benzene rings is 1. The number of nitrogens with one attached hydrogen (secondary N) is 1. The molecule has 1 N–H and O–H groups in total. The number of hydrogen-bond donors (Lipinski definition) is 1. The zero-order valence-electron chi connectivity index (χ0n) is 11.0. The van der Waals surface area contributed by atoms with Crippen LogP contribution < -0.4 is 9.46 Å². The summed E-state index contributed by atoms with van der Waals surface area (Å²) < 4.78 is 30.9. The van der Waals surface area contributed by atoms with Crippen LogP contribution in [0.3, 0.4) is 0 Å². The van der Waals surface area contributed by atoms with Crippen LogP contribution >= 0.6 is 11.6 Å². The first-order valence-electron chi connectivity index (χ1n) is 5.83. The van der Waals surface area contributed by atoms with Crippen LogP contribution in [-0.2, 0) is 10.0 Å². The second-order valence-electron chi connectivity index (χ2n) is 3.92. The fraction of sp³-hybridized carbons (Fsp3) is 0.0769. The standard InChI is InChI=1S/C13H12ClN3O3S/c1-20-12-9-11(14)15-13(16-12)17-21(18,19)8-7-10-5-3-2-4-6-10/h2-9H,1H3,(H,15,16,17)/b8-7+. The van der Waals surface area contributed by atoms with Gasteiger partial charge in [0.1, 0.15) is 5.15 Å². The van der Waals surface area contributed by atoms with Gasteiger partial charge in [0.05, 0.1) is 12.5 Å². The lowest BCUT2D eigenvalue weighted by atomic mass is 10.2. The minimum Gasteiger partial charge on any atom is -0.481 e. The van der Waals surface area contributed by atoms with E-state index in [0.717, 1.165) is 11.0 Å². The third-order valence-corrected chi connectivity index (χ3v) is 3.51. The second-order valence-corrected chi connectivity index (χ2v) is 5.87. The average molecular weight is 326 g/mol. The number of methoxy groups -OCH3 is 1. The maximum absolute atomic E-state index is 11.9. The molecule has 0 spiro atoms. The molecule has 2 aromatic rings. The molecular weight excluding hydrogens is 314 g/mol. The highest BCUT2D eigenvalue weighted by molar-refractivity contribution is 7.95. The van der Waals surface area contributed by atoms with Gasteiger partial charge < -0.3 is 4.74 Å². The van der Waals surface area contributed by atoms with Crippen molar-refractivity contribution in [1.29, 1.82) is 0 Å². The molecule has 0 bridgehead atoms. The van der Waals surface area contributed by atoms with Gasteiger partial charge in [0.25, 0.3) is 10.0 Å². The number of hydrogen-bond acceptors (Lipinski definition) is 5. The summed E-state index contributed by atoms with van der Waals surface area (Å²) in [6.07, 6.45) is 1.46. The molecule has 0 aliphatic heterocycles. The third-order valence-electron chi connectivity index (χ3n) is 2.35. The Morgan fingerprint density at radius 2 is 1.95 bits per heavy atom. The van der Waals surface area contributed by atoms with Gasteiger partial charge in [0.15, 0.2) is 0 Å².